The second kappa shape index (κ2) is 4.72. The number of ketones is 1. The Balaban J connectivity index is 2.61. The van der Waals surface area contributed by atoms with Gasteiger partial charge in [-0.15, -0.1) is 0 Å². The zero-order valence-electron chi connectivity index (χ0n) is 8.47. The second-order valence-electron chi connectivity index (χ2n) is 3.48. The van der Waals surface area contributed by atoms with E-state index in [9.17, 15) is 4.79 Å². The van der Waals surface area contributed by atoms with Crippen molar-refractivity contribution in [3.05, 3.63) is 0 Å². The molecule has 0 aromatic rings. The molecule has 0 bridgehead atoms. The lowest BCUT2D eigenvalue weighted by Crippen LogP contribution is -2.45. The number of rotatable bonds is 4. The standard InChI is InChI=1S/C10H18O3/c1-3-4-9(11)10(12-2)5-7-13-8-6-10/h3-8H2,1-2H3. The van der Waals surface area contributed by atoms with Crippen LogP contribution in [0.25, 0.3) is 0 Å². The first-order valence-electron chi connectivity index (χ1n) is 4.91. The minimum atomic E-state index is -0.533. The van der Waals surface area contributed by atoms with Crippen LogP contribution in [0.5, 0.6) is 0 Å². The Bertz CT molecular complexity index is 171. The minimum Gasteiger partial charge on any atom is -0.381 e. The number of hydrogen-bond donors (Lipinski definition) is 0. The van der Waals surface area contributed by atoms with Crippen LogP contribution in [0.3, 0.4) is 0 Å². The van der Waals surface area contributed by atoms with Crippen LogP contribution < -0.4 is 0 Å². The van der Waals surface area contributed by atoms with E-state index in [0.29, 0.717) is 32.5 Å². The third-order valence-corrected chi connectivity index (χ3v) is 2.68. The maximum Gasteiger partial charge on any atom is 0.164 e. The Kier molecular flexibility index (Phi) is 3.88. The molecule has 0 atom stereocenters. The fourth-order valence-corrected chi connectivity index (χ4v) is 1.75. The van der Waals surface area contributed by atoms with Gasteiger partial charge >= 0.3 is 0 Å². The van der Waals surface area contributed by atoms with Crippen molar-refractivity contribution in [2.75, 3.05) is 20.3 Å². The third kappa shape index (κ3) is 2.29. The highest BCUT2D eigenvalue weighted by atomic mass is 16.5. The molecule has 1 fully saturated rings. The van der Waals surface area contributed by atoms with Crippen molar-refractivity contribution in [1.29, 1.82) is 0 Å². The van der Waals surface area contributed by atoms with Gasteiger partial charge in [-0.05, 0) is 6.42 Å². The Hall–Kier alpha value is -0.410. The molecule has 0 aromatic carbocycles. The predicted molar refractivity (Wildman–Crippen MR) is 49.7 cm³/mol. The number of ether oxygens (including phenoxy) is 2. The van der Waals surface area contributed by atoms with Gasteiger partial charge in [0.05, 0.1) is 0 Å². The Morgan fingerprint density at radius 2 is 2.08 bits per heavy atom. The van der Waals surface area contributed by atoms with Crippen LogP contribution in [0.2, 0.25) is 0 Å². The summed E-state index contributed by atoms with van der Waals surface area (Å²) in [6.45, 7) is 3.30. The van der Waals surface area contributed by atoms with Crippen LogP contribution in [0, 0.1) is 0 Å². The molecule has 76 valence electrons. The third-order valence-electron chi connectivity index (χ3n) is 2.68. The molecule has 13 heavy (non-hydrogen) atoms. The molecule has 0 radical (unpaired) electrons. The summed E-state index contributed by atoms with van der Waals surface area (Å²) in [4.78, 5) is 11.8. The van der Waals surface area contributed by atoms with Gasteiger partial charge < -0.3 is 9.47 Å². The average Bonchev–Trinajstić information content (AvgIpc) is 2.19. The summed E-state index contributed by atoms with van der Waals surface area (Å²) >= 11 is 0. The first-order chi connectivity index (χ1) is 6.25. The average molecular weight is 186 g/mol. The monoisotopic (exact) mass is 186 g/mol. The van der Waals surface area contributed by atoms with E-state index in [2.05, 4.69) is 0 Å². The number of Topliss-reactive ketones (excluding diaryl/α,β-unsaturated/α-hetero) is 1. The molecule has 1 saturated heterocycles. The van der Waals surface area contributed by atoms with Gasteiger partial charge in [-0.1, -0.05) is 6.92 Å². The van der Waals surface area contributed by atoms with Crippen LogP contribution in [-0.2, 0) is 14.3 Å². The quantitative estimate of drug-likeness (QED) is 0.668. The smallest absolute Gasteiger partial charge is 0.164 e. The van der Waals surface area contributed by atoms with Crippen LogP contribution in [0.1, 0.15) is 32.6 Å². The van der Waals surface area contributed by atoms with Gasteiger partial charge in [0, 0.05) is 39.6 Å². The van der Waals surface area contributed by atoms with E-state index in [0.717, 1.165) is 6.42 Å². The van der Waals surface area contributed by atoms with E-state index in [4.69, 9.17) is 9.47 Å². The van der Waals surface area contributed by atoms with Crippen molar-refractivity contribution >= 4 is 5.78 Å². The minimum absolute atomic E-state index is 0.237. The molecule has 0 unspecified atom stereocenters. The van der Waals surface area contributed by atoms with Crippen LogP contribution >= 0.6 is 0 Å². The van der Waals surface area contributed by atoms with Crippen molar-refractivity contribution < 1.29 is 14.3 Å². The van der Waals surface area contributed by atoms with E-state index in [1.807, 2.05) is 6.92 Å². The summed E-state index contributed by atoms with van der Waals surface area (Å²) in [5.41, 5.74) is -0.533. The largest absolute Gasteiger partial charge is 0.381 e. The van der Waals surface area contributed by atoms with E-state index >= 15 is 0 Å². The summed E-state index contributed by atoms with van der Waals surface area (Å²) in [7, 11) is 1.62. The highest BCUT2D eigenvalue weighted by molar-refractivity contribution is 5.87. The predicted octanol–water partition coefficient (Wildman–Crippen LogP) is 1.55. The lowest BCUT2D eigenvalue weighted by Gasteiger charge is -2.34. The van der Waals surface area contributed by atoms with Crippen LogP contribution in [0.15, 0.2) is 0 Å². The van der Waals surface area contributed by atoms with Crippen LogP contribution in [-0.4, -0.2) is 31.7 Å². The molecule has 1 aliphatic rings. The maximum atomic E-state index is 11.8. The van der Waals surface area contributed by atoms with Gasteiger partial charge in [-0.3, -0.25) is 4.79 Å². The van der Waals surface area contributed by atoms with Gasteiger partial charge in [0.1, 0.15) is 5.60 Å². The highest BCUT2D eigenvalue weighted by Gasteiger charge is 2.38. The normalized spacial score (nSPS) is 21.4. The van der Waals surface area contributed by atoms with Crippen molar-refractivity contribution in [1.82, 2.24) is 0 Å². The van der Waals surface area contributed by atoms with Gasteiger partial charge in [0.2, 0.25) is 0 Å². The van der Waals surface area contributed by atoms with Crippen molar-refractivity contribution in [3.8, 4) is 0 Å². The molecule has 1 rings (SSSR count). The maximum absolute atomic E-state index is 11.8. The lowest BCUT2D eigenvalue weighted by atomic mass is 9.87. The lowest BCUT2D eigenvalue weighted by molar-refractivity contribution is -0.152. The second-order valence-corrected chi connectivity index (χ2v) is 3.48. The van der Waals surface area contributed by atoms with E-state index in [-0.39, 0.29) is 5.78 Å². The van der Waals surface area contributed by atoms with Crippen molar-refractivity contribution in [2.45, 2.75) is 38.2 Å². The summed E-state index contributed by atoms with van der Waals surface area (Å²) in [6, 6.07) is 0. The summed E-state index contributed by atoms with van der Waals surface area (Å²) in [6.07, 6.45) is 2.93. The fraction of sp³-hybridized carbons (Fsp3) is 0.900. The topological polar surface area (TPSA) is 35.5 Å². The van der Waals surface area contributed by atoms with E-state index in [1.165, 1.54) is 0 Å². The number of carbonyl (C=O) groups excluding carboxylic acids is 1. The molecule has 0 N–H and O–H groups in total. The number of hydrogen-bond acceptors (Lipinski definition) is 3. The number of methoxy groups -OCH3 is 1. The molecular weight excluding hydrogens is 168 g/mol. The fourth-order valence-electron chi connectivity index (χ4n) is 1.75. The Morgan fingerprint density at radius 3 is 2.54 bits per heavy atom. The first kappa shape index (κ1) is 10.7. The molecule has 0 aliphatic carbocycles. The zero-order chi connectivity index (χ0) is 9.73. The van der Waals surface area contributed by atoms with E-state index in [1.54, 1.807) is 7.11 Å². The van der Waals surface area contributed by atoms with Gasteiger partial charge in [0.25, 0.3) is 0 Å². The molecule has 0 amide bonds. The molecule has 1 heterocycles. The molecule has 1 aliphatic heterocycles. The number of carbonyl (C=O) groups is 1. The van der Waals surface area contributed by atoms with Crippen molar-refractivity contribution in [2.24, 2.45) is 0 Å². The molecule has 3 heteroatoms. The molecule has 3 nitrogen and oxygen atoms in total. The SMILES string of the molecule is CCCC(=O)C1(OC)CCOCC1. The summed E-state index contributed by atoms with van der Waals surface area (Å²) < 4.78 is 10.6. The summed E-state index contributed by atoms with van der Waals surface area (Å²) in [5.74, 6) is 0.237. The zero-order valence-corrected chi connectivity index (χ0v) is 8.47. The molecular formula is C10H18O3. The van der Waals surface area contributed by atoms with Gasteiger partial charge in [-0.25, -0.2) is 0 Å². The Labute approximate surface area is 79.4 Å². The first-order valence-corrected chi connectivity index (χ1v) is 4.91. The van der Waals surface area contributed by atoms with Crippen LogP contribution in [0.4, 0.5) is 0 Å². The van der Waals surface area contributed by atoms with E-state index < -0.39 is 5.60 Å². The van der Waals surface area contributed by atoms with Gasteiger partial charge in [-0.2, -0.15) is 0 Å². The highest BCUT2D eigenvalue weighted by Crippen LogP contribution is 2.27. The molecule has 0 aromatic heterocycles. The van der Waals surface area contributed by atoms with Gasteiger partial charge in [0.15, 0.2) is 5.78 Å². The summed E-state index contributed by atoms with van der Waals surface area (Å²) in [5, 5.41) is 0. The molecule has 0 saturated carbocycles. The molecule has 0 spiro atoms. The van der Waals surface area contributed by atoms with Crippen molar-refractivity contribution in [3.63, 3.8) is 0 Å². The Morgan fingerprint density at radius 1 is 1.46 bits per heavy atom.